The van der Waals surface area contributed by atoms with Crippen LogP contribution in [0.1, 0.15) is 11.1 Å². The molecule has 0 saturated carbocycles. The predicted molar refractivity (Wildman–Crippen MR) is 55.0 cm³/mol. The predicted octanol–water partition coefficient (Wildman–Crippen LogP) is 1.94. The third kappa shape index (κ3) is 2.22. The molecule has 1 aliphatic carbocycles. The Morgan fingerprint density at radius 1 is 1.36 bits per heavy atom. The Morgan fingerprint density at radius 2 is 2.07 bits per heavy atom. The molecule has 1 nitrogen and oxygen atoms in total. The fourth-order valence-electron chi connectivity index (χ4n) is 1.65. The van der Waals surface area contributed by atoms with E-state index in [2.05, 4.69) is 24.8 Å². The third-order valence-electron chi connectivity index (χ3n) is 2.32. The van der Waals surface area contributed by atoms with Crippen molar-refractivity contribution < 1.29 is 32.7 Å². The van der Waals surface area contributed by atoms with Crippen molar-refractivity contribution in [2.24, 2.45) is 5.73 Å². The van der Waals surface area contributed by atoms with Gasteiger partial charge in [0, 0.05) is 39.3 Å². The Kier molecular flexibility index (Phi) is 4.24. The molecule has 1 aliphatic rings. The van der Waals surface area contributed by atoms with Crippen molar-refractivity contribution in [2.75, 3.05) is 6.54 Å². The van der Waals surface area contributed by atoms with Crippen LogP contribution >= 0.6 is 0 Å². The molecule has 2 rings (SSSR count). The van der Waals surface area contributed by atoms with E-state index in [4.69, 9.17) is 5.73 Å². The van der Waals surface area contributed by atoms with Gasteiger partial charge in [-0.2, -0.15) is 18.2 Å². The smallest absolute Gasteiger partial charge is 0.00265 e. The van der Waals surface area contributed by atoms with Crippen LogP contribution in [0.15, 0.2) is 36.4 Å². The molecule has 0 saturated heterocycles. The van der Waals surface area contributed by atoms with Crippen molar-refractivity contribution in [1.29, 1.82) is 0 Å². The molecule has 0 aliphatic heterocycles. The molecule has 0 bridgehead atoms. The first-order chi connectivity index (χ1) is 6.31. The summed E-state index contributed by atoms with van der Waals surface area (Å²) in [6.45, 7) is 4.54. The Bertz CT molecular complexity index is 380. The number of fused-ring (bicyclic) bond motifs is 1. The maximum Gasteiger partial charge on any atom is 0.00265 e. The van der Waals surface area contributed by atoms with E-state index in [1.54, 1.807) is 0 Å². The van der Waals surface area contributed by atoms with Crippen molar-refractivity contribution in [2.45, 2.75) is 6.42 Å². The maximum atomic E-state index is 5.58. The molecule has 0 unspecified atom stereocenters. The molecule has 0 spiro atoms. The van der Waals surface area contributed by atoms with E-state index in [0.717, 1.165) is 17.6 Å². The number of hydrogen-bond donors (Lipinski definition) is 1. The molecule has 0 amide bonds. The molecule has 1 aromatic carbocycles. The van der Waals surface area contributed by atoms with Crippen molar-refractivity contribution in [3.8, 4) is 0 Å². The second-order valence-electron chi connectivity index (χ2n) is 3.25. The number of rotatable bonds is 1. The van der Waals surface area contributed by atoms with E-state index in [0.29, 0.717) is 6.54 Å². The average molecular weight is 259 g/mol. The van der Waals surface area contributed by atoms with Gasteiger partial charge in [0.1, 0.15) is 0 Å². The number of allylic oxidation sites excluding steroid dienone is 2. The first-order valence-corrected chi connectivity index (χ1v) is 4.40. The summed E-state index contributed by atoms with van der Waals surface area (Å²) in [6.07, 6.45) is 4.14. The van der Waals surface area contributed by atoms with Gasteiger partial charge in [0.2, 0.25) is 0 Å². The maximum absolute atomic E-state index is 5.58. The van der Waals surface area contributed by atoms with Gasteiger partial charge in [-0.25, -0.2) is 0 Å². The molecule has 1 radical (unpaired) electrons. The fourth-order valence-corrected chi connectivity index (χ4v) is 1.65. The molecule has 2 N–H and O–H groups in total. The van der Waals surface area contributed by atoms with Crippen molar-refractivity contribution in [1.82, 2.24) is 0 Å². The Hall–Kier alpha value is -0.236. The van der Waals surface area contributed by atoms with Crippen LogP contribution in [0.4, 0.5) is 0 Å². The SMILES string of the molecule is C=C1[C-]=C(CN)Cc2ccccc21.[Y]. The molecule has 0 fully saturated rings. The quantitative estimate of drug-likeness (QED) is 0.766. The minimum absolute atomic E-state index is 0. The first-order valence-electron chi connectivity index (χ1n) is 4.40. The van der Waals surface area contributed by atoms with Gasteiger partial charge in [-0.05, 0) is 6.42 Å². The van der Waals surface area contributed by atoms with E-state index in [1.807, 2.05) is 12.1 Å². The van der Waals surface area contributed by atoms with Gasteiger partial charge in [0.25, 0.3) is 0 Å². The van der Waals surface area contributed by atoms with Crippen LogP contribution in [0.25, 0.3) is 5.57 Å². The number of benzene rings is 1. The largest absolute Gasteiger partial charge is 0.328 e. The summed E-state index contributed by atoms with van der Waals surface area (Å²) >= 11 is 0. The van der Waals surface area contributed by atoms with Crippen LogP contribution in [0.2, 0.25) is 0 Å². The van der Waals surface area contributed by atoms with E-state index in [1.165, 1.54) is 11.1 Å². The summed E-state index contributed by atoms with van der Waals surface area (Å²) in [7, 11) is 0. The van der Waals surface area contributed by atoms with Crippen molar-refractivity contribution >= 4 is 5.57 Å². The van der Waals surface area contributed by atoms with E-state index < -0.39 is 0 Å². The Labute approximate surface area is 110 Å². The summed E-state index contributed by atoms with van der Waals surface area (Å²) < 4.78 is 0. The van der Waals surface area contributed by atoms with Crippen LogP contribution in [0.5, 0.6) is 0 Å². The summed E-state index contributed by atoms with van der Waals surface area (Å²) in [4.78, 5) is 0. The molecule has 0 heterocycles. The molecule has 1 aromatic rings. The normalized spacial score (nSPS) is 14.1. The minimum atomic E-state index is 0. The fraction of sp³-hybridized carbons (Fsp3) is 0.167. The van der Waals surface area contributed by atoms with Gasteiger partial charge in [0.15, 0.2) is 0 Å². The van der Waals surface area contributed by atoms with Gasteiger partial charge < -0.3 is 5.73 Å². The zero-order valence-corrected chi connectivity index (χ0v) is 10.9. The van der Waals surface area contributed by atoms with Crippen LogP contribution in [0.3, 0.4) is 0 Å². The van der Waals surface area contributed by atoms with E-state index >= 15 is 0 Å². The standard InChI is InChI=1S/C12H12N.Y/c1-9-6-10(8-13)7-11-4-2-3-5-12(9)11;/h2-5H,1,7-8,13H2;/q-1;. The second kappa shape index (κ2) is 5.02. The summed E-state index contributed by atoms with van der Waals surface area (Å²) in [5, 5.41) is 0. The van der Waals surface area contributed by atoms with Crippen LogP contribution in [-0.4, -0.2) is 6.54 Å². The monoisotopic (exact) mass is 259 g/mol. The molecule has 0 aromatic heterocycles. The molecular weight excluding hydrogens is 247 g/mol. The molecule has 2 heteroatoms. The Balaban J connectivity index is 0.000000980. The van der Waals surface area contributed by atoms with Crippen molar-refractivity contribution in [3.63, 3.8) is 0 Å². The van der Waals surface area contributed by atoms with Crippen LogP contribution in [0, 0.1) is 6.08 Å². The number of nitrogens with two attached hydrogens (primary N) is 1. The van der Waals surface area contributed by atoms with Crippen LogP contribution < -0.4 is 5.73 Å². The van der Waals surface area contributed by atoms with Crippen LogP contribution in [-0.2, 0) is 39.1 Å². The summed E-state index contributed by atoms with van der Waals surface area (Å²) in [5.41, 5.74) is 10.2. The molecular formula is C12H12NY-. The first kappa shape index (κ1) is 11.8. The zero-order chi connectivity index (χ0) is 9.26. The third-order valence-corrected chi connectivity index (χ3v) is 2.32. The topological polar surface area (TPSA) is 26.0 Å². The van der Waals surface area contributed by atoms with E-state index in [9.17, 15) is 0 Å². The molecule has 0 atom stereocenters. The number of hydrogen-bond acceptors (Lipinski definition) is 1. The summed E-state index contributed by atoms with van der Waals surface area (Å²) in [6, 6.07) is 8.28. The molecule has 69 valence electrons. The van der Waals surface area contributed by atoms with Gasteiger partial charge >= 0.3 is 0 Å². The van der Waals surface area contributed by atoms with E-state index in [-0.39, 0.29) is 32.7 Å². The minimum Gasteiger partial charge on any atom is -0.328 e. The van der Waals surface area contributed by atoms with Gasteiger partial charge in [-0.3, -0.25) is 0 Å². The van der Waals surface area contributed by atoms with Gasteiger partial charge in [0.05, 0.1) is 0 Å². The average Bonchev–Trinajstić information content (AvgIpc) is 2.18. The molecule has 14 heavy (non-hydrogen) atoms. The van der Waals surface area contributed by atoms with Crippen molar-refractivity contribution in [3.05, 3.63) is 53.6 Å². The van der Waals surface area contributed by atoms with Gasteiger partial charge in [-0.15, -0.1) is 17.2 Å². The Morgan fingerprint density at radius 3 is 2.79 bits per heavy atom. The van der Waals surface area contributed by atoms with Gasteiger partial charge in [-0.1, -0.05) is 23.8 Å². The summed E-state index contributed by atoms with van der Waals surface area (Å²) in [5.74, 6) is 0. The second-order valence-corrected chi connectivity index (χ2v) is 3.25. The zero-order valence-electron chi connectivity index (χ0n) is 8.09.